The molecule has 6 nitrogen and oxygen atoms in total. The molecule has 0 aromatic heterocycles. The number of carbonyl (C=O) groups excluding carboxylic acids is 2. The van der Waals surface area contributed by atoms with Crippen molar-refractivity contribution in [3.63, 3.8) is 0 Å². The van der Waals surface area contributed by atoms with E-state index in [1.54, 1.807) is 20.8 Å². The predicted molar refractivity (Wildman–Crippen MR) is 68.5 cm³/mol. The number of hydrogen-bond donors (Lipinski definition) is 1. The summed E-state index contributed by atoms with van der Waals surface area (Å²) in [6.07, 6.45) is 0.385. The lowest BCUT2D eigenvalue weighted by Gasteiger charge is -2.33. The lowest BCUT2D eigenvalue weighted by Crippen LogP contribution is -2.45. The number of hydrogen-bond acceptors (Lipinski definition) is 5. The van der Waals surface area contributed by atoms with Gasteiger partial charge >= 0.3 is 12.1 Å². The maximum atomic E-state index is 11.8. The van der Waals surface area contributed by atoms with Crippen LogP contribution in [-0.4, -0.2) is 54.0 Å². The Labute approximate surface area is 113 Å². The van der Waals surface area contributed by atoms with Crippen molar-refractivity contribution in [3.05, 3.63) is 11.6 Å². The van der Waals surface area contributed by atoms with Gasteiger partial charge in [0.1, 0.15) is 5.60 Å². The van der Waals surface area contributed by atoms with Gasteiger partial charge in [0.15, 0.2) is 0 Å². The molecule has 0 saturated carbocycles. The van der Waals surface area contributed by atoms with Crippen molar-refractivity contribution >= 4 is 12.1 Å². The van der Waals surface area contributed by atoms with Gasteiger partial charge in [-0.25, -0.2) is 9.59 Å². The van der Waals surface area contributed by atoms with Crippen LogP contribution in [0.25, 0.3) is 0 Å². The second-order valence-electron chi connectivity index (χ2n) is 5.43. The van der Waals surface area contributed by atoms with E-state index < -0.39 is 23.8 Å². The molecule has 0 radical (unpaired) electrons. The van der Waals surface area contributed by atoms with E-state index in [0.717, 1.165) is 0 Å². The van der Waals surface area contributed by atoms with E-state index in [-0.39, 0.29) is 6.54 Å². The number of rotatable bonds is 1. The first-order valence-electron chi connectivity index (χ1n) is 6.17. The zero-order chi connectivity index (χ0) is 14.6. The summed E-state index contributed by atoms with van der Waals surface area (Å²) in [6, 6.07) is 0. The van der Waals surface area contributed by atoms with Crippen LogP contribution in [0, 0.1) is 0 Å². The molecule has 1 atom stereocenters. The SMILES string of the molecule is COC(=O)/C=C1\CCN(C(=O)OC(C)(C)C)CC1O. The van der Waals surface area contributed by atoms with E-state index in [2.05, 4.69) is 4.74 Å². The number of carbonyl (C=O) groups is 2. The summed E-state index contributed by atoms with van der Waals surface area (Å²) in [5.41, 5.74) is 0.0103. The van der Waals surface area contributed by atoms with Crippen LogP contribution in [0.1, 0.15) is 27.2 Å². The maximum absolute atomic E-state index is 11.8. The van der Waals surface area contributed by atoms with Crippen molar-refractivity contribution in [2.75, 3.05) is 20.2 Å². The largest absolute Gasteiger partial charge is 0.466 e. The fourth-order valence-corrected chi connectivity index (χ4v) is 1.72. The molecule has 1 amide bonds. The van der Waals surface area contributed by atoms with Crippen molar-refractivity contribution in [1.82, 2.24) is 4.90 Å². The Balaban J connectivity index is 2.61. The van der Waals surface area contributed by atoms with Gasteiger partial charge in [-0.15, -0.1) is 0 Å². The Morgan fingerprint density at radius 2 is 2.05 bits per heavy atom. The van der Waals surface area contributed by atoms with Gasteiger partial charge in [0.2, 0.25) is 0 Å². The average molecular weight is 271 g/mol. The van der Waals surface area contributed by atoms with Gasteiger partial charge in [0.05, 0.1) is 19.8 Å². The number of methoxy groups -OCH3 is 1. The summed E-state index contributed by atoms with van der Waals surface area (Å²) in [5, 5.41) is 9.91. The summed E-state index contributed by atoms with van der Waals surface area (Å²) < 4.78 is 9.74. The number of amides is 1. The highest BCUT2D eigenvalue weighted by Crippen LogP contribution is 2.19. The van der Waals surface area contributed by atoms with Gasteiger partial charge in [-0.05, 0) is 32.8 Å². The molecule has 0 spiro atoms. The third-order valence-corrected chi connectivity index (χ3v) is 2.65. The van der Waals surface area contributed by atoms with E-state index in [9.17, 15) is 14.7 Å². The number of aliphatic hydroxyl groups is 1. The third kappa shape index (κ3) is 4.90. The Kier molecular flexibility index (Phi) is 4.94. The van der Waals surface area contributed by atoms with E-state index >= 15 is 0 Å². The van der Waals surface area contributed by atoms with Crippen LogP contribution in [-0.2, 0) is 14.3 Å². The van der Waals surface area contributed by atoms with Gasteiger partial charge in [0, 0.05) is 12.6 Å². The van der Waals surface area contributed by atoms with E-state index in [4.69, 9.17) is 4.74 Å². The zero-order valence-electron chi connectivity index (χ0n) is 11.8. The third-order valence-electron chi connectivity index (χ3n) is 2.65. The standard InChI is InChI=1S/C13H21NO5/c1-13(2,3)19-12(17)14-6-5-9(10(15)8-14)7-11(16)18-4/h7,10,15H,5-6,8H2,1-4H3/b9-7+. The molecule has 6 heteroatoms. The molecule has 1 unspecified atom stereocenters. The van der Waals surface area contributed by atoms with E-state index in [0.29, 0.717) is 18.5 Å². The molecule has 1 aliphatic heterocycles. The van der Waals surface area contributed by atoms with Crippen LogP contribution in [0.5, 0.6) is 0 Å². The van der Waals surface area contributed by atoms with Crippen molar-refractivity contribution < 1.29 is 24.2 Å². The molecule has 19 heavy (non-hydrogen) atoms. The van der Waals surface area contributed by atoms with Crippen LogP contribution >= 0.6 is 0 Å². The molecule has 0 aromatic rings. The van der Waals surface area contributed by atoms with Gasteiger partial charge in [-0.1, -0.05) is 0 Å². The minimum absolute atomic E-state index is 0.123. The summed E-state index contributed by atoms with van der Waals surface area (Å²) in [6.45, 7) is 5.89. The minimum Gasteiger partial charge on any atom is -0.466 e. The molecule has 0 aliphatic carbocycles. The molecular weight excluding hydrogens is 250 g/mol. The number of likely N-dealkylation sites (tertiary alicyclic amines) is 1. The first kappa shape index (κ1) is 15.5. The zero-order valence-corrected chi connectivity index (χ0v) is 11.8. The Bertz CT molecular complexity index is 383. The Morgan fingerprint density at radius 3 is 2.53 bits per heavy atom. The van der Waals surface area contributed by atoms with Crippen LogP contribution < -0.4 is 0 Å². The van der Waals surface area contributed by atoms with Gasteiger partial charge in [0.25, 0.3) is 0 Å². The van der Waals surface area contributed by atoms with Crippen LogP contribution in [0.4, 0.5) is 4.79 Å². The van der Waals surface area contributed by atoms with Gasteiger partial charge in [-0.3, -0.25) is 0 Å². The number of piperidine rings is 1. The Morgan fingerprint density at radius 1 is 1.42 bits per heavy atom. The highest BCUT2D eigenvalue weighted by molar-refractivity contribution is 5.83. The molecule has 1 heterocycles. The van der Waals surface area contributed by atoms with Gasteiger partial charge in [-0.2, -0.15) is 0 Å². The van der Waals surface area contributed by atoms with Gasteiger partial charge < -0.3 is 19.5 Å². The van der Waals surface area contributed by atoms with E-state index in [1.165, 1.54) is 18.1 Å². The molecule has 0 aromatic carbocycles. The van der Waals surface area contributed by atoms with Crippen molar-refractivity contribution in [3.8, 4) is 0 Å². The molecule has 1 N–H and O–H groups in total. The number of nitrogens with zero attached hydrogens (tertiary/aromatic N) is 1. The molecule has 1 fully saturated rings. The summed E-state index contributed by atoms with van der Waals surface area (Å²) in [5.74, 6) is -0.500. The van der Waals surface area contributed by atoms with Crippen LogP contribution in [0.15, 0.2) is 11.6 Å². The lowest BCUT2D eigenvalue weighted by molar-refractivity contribution is -0.135. The van der Waals surface area contributed by atoms with Crippen LogP contribution in [0.2, 0.25) is 0 Å². The van der Waals surface area contributed by atoms with Crippen molar-refractivity contribution in [1.29, 1.82) is 0 Å². The molecule has 1 saturated heterocycles. The van der Waals surface area contributed by atoms with Crippen molar-refractivity contribution in [2.45, 2.75) is 38.9 Å². The average Bonchev–Trinajstić information content (AvgIpc) is 2.29. The summed E-state index contributed by atoms with van der Waals surface area (Å²) in [7, 11) is 1.28. The molecule has 1 rings (SSSR count). The molecular formula is C13H21NO5. The molecule has 0 bridgehead atoms. The topological polar surface area (TPSA) is 76.1 Å². The summed E-state index contributed by atoms with van der Waals surface area (Å²) >= 11 is 0. The smallest absolute Gasteiger partial charge is 0.410 e. The maximum Gasteiger partial charge on any atom is 0.410 e. The fourth-order valence-electron chi connectivity index (χ4n) is 1.72. The second kappa shape index (κ2) is 6.06. The number of β-amino-alcohol motifs (C(OH)–C–C–N with tert-alkyl or cyclic N) is 1. The predicted octanol–water partition coefficient (Wildman–Crippen LogP) is 1.09. The normalized spacial score (nSPS) is 22.3. The highest BCUT2D eigenvalue weighted by Gasteiger charge is 2.29. The Hall–Kier alpha value is -1.56. The first-order chi connectivity index (χ1) is 8.73. The van der Waals surface area contributed by atoms with Crippen molar-refractivity contribution in [2.24, 2.45) is 0 Å². The fraction of sp³-hybridized carbons (Fsp3) is 0.692. The van der Waals surface area contributed by atoms with E-state index in [1.807, 2.05) is 0 Å². The first-order valence-corrected chi connectivity index (χ1v) is 6.17. The molecule has 108 valence electrons. The number of ether oxygens (including phenoxy) is 2. The number of esters is 1. The number of aliphatic hydroxyl groups excluding tert-OH is 1. The molecule has 1 aliphatic rings. The minimum atomic E-state index is -0.861. The lowest BCUT2D eigenvalue weighted by atomic mass is 10.0. The van der Waals surface area contributed by atoms with Crippen LogP contribution in [0.3, 0.4) is 0 Å². The quantitative estimate of drug-likeness (QED) is 0.570. The monoisotopic (exact) mass is 271 g/mol. The highest BCUT2D eigenvalue weighted by atomic mass is 16.6. The second-order valence-corrected chi connectivity index (χ2v) is 5.43. The summed E-state index contributed by atoms with van der Waals surface area (Å²) in [4.78, 5) is 24.4.